The van der Waals surface area contributed by atoms with Crippen molar-refractivity contribution >= 4 is 5.69 Å². The molecule has 2 heteroatoms. The van der Waals surface area contributed by atoms with Gasteiger partial charge in [-0.25, -0.2) is 0 Å². The summed E-state index contributed by atoms with van der Waals surface area (Å²) in [5.74, 6) is 0. The third kappa shape index (κ3) is 5.23. The van der Waals surface area contributed by atoms with Gasteiger partial charge in [-0.1, -0.05) is 45.7 Å². The second-order valence-electron chi connectivity index (χ2n) is 5.21. The summed E-state index contributed by atoms with van der Waals surface area (Å²) < 4.78 is 0. The predicted octanol–water partition coefficient (Wildman–Crippen LogP) is 4.54. The topological polar surface area (TPSA) is 23.5 Å². The van der Waals surface area contributed by atoms with Gasteiger partial charge in [0.2, 0.25) is 0 Å². The molecule has 0 aliphatic carbocycles. The van der Waals surface area contributed by atoms with Gasteiger partial charge in [0, 0.05) is 18.8 Å². The van der Waals surface area contributed by atoms with E-state index in [1.165, 1.54) is 31.4 Å². The Balaban J connectivity index is 2.71. The minimum Gasteiger partial charge on any atom is -0.388 e. The maximum absolute atomic E-state index is 9.83. The molecule has 0 aromatic heterocycles. The van der Waals surface area contributed by atoms with Crippen molar-refractivity contribution in [1.29, 1.82) is 0 Å². The van der Waals surface area contributed by atoms with E-state index in [0.29, 0.717) is 0 Å². The average molecular weight is 263 g/mol. The number of aliphatic hydroxyl groups is 1. The molecule has 1 aromatic carbocycles. The van der Waals surface area contributed by atoms with Crippen LogP contribution in [0.25, 0.3) is 0 Å². The lowest BCUT2D eigenvalue weighted by molar-refractivity contribution is 0.173. The average Bonchev–Trinajstić information content (AvgIpc) is 2.47. The van der Waals surface area contributed by atoms with Crippen LogP contribution in [0.2, 0.25) is 0 Å². The van der Waals surface area contributed by atoms with Gasteiger partial charge in [-0.15, -0.1) is 0 Å². The molecular formula is C17H29NO. The normalized spacial score (nSPS) is 12.4. The zero-order chi connectivity index (χ0) is 14.1. The van der Waals surface area contributed by atoms with Gasteiger partial charge in [0.25, 0.3) is 0 Å². The van der Waals surface area contributed by atoms with E-state index in [-0.39, 0.29) is 6.10 Å². The van der Waals surface area contributed by atoms with Crippen LogP contribution in [0.5, 0.6) is 0 Å². The molecule has 0 saturated heterocycles. The standard InChI is InChI=1S/C17H29NO/c1-4-7-13-18(14-8-5-2)16-11-9-15(10-12-16)17(19)6-3/h9-12,17,19H,4-8,13-14H2,1-3H3. The summed E-state index contributed by atoms with van der Waals surface area (Å²) in [7, 11) is 0. The van der Waals surface area contributed by atoms with Crippen LogP contribution in [0.1, 0.15) is 64.5 Å². The fourth-order valence-corrected chi connectivity index (χ4v) is 2.21. The summed E-state index contributed by atoms with van der Waals surface area (Å²) in [6.07, 6.45) is 5.39. The lowest BCUT2D eigenvalue weighted by atomic mass is 10.1. The lowest BCUT2D eigenvalue weighted by Crippen LogP contribution is -2.25. The third-order valence-corrected chi connectivity index (χ3v) is 3.59. The zero-order valence-corrected chi connectivity index (χ0v) is 12.7. The van der Waals surface area contributed by atoms with Crippen LogP contribution < -0.4 is 4.90 Å². The molecule has 0 heterocycles. The number of unbranched alkanes of at least 4 members (excludes halogenated alkanes) is 2. The zero-order valence-electron chi connectivity index (χ0n) is 12.7. The smallest absolute Gasteiger partial charge is 0.0787 e. The molecule has 1 unspecified atom stereocenters. The first-order valence-corrected chi connectivity index (χ1v) is 7.75. The van der Waals surface area contributed by atoms with E-state index in [1.807, 2.05) is 6.92 Å². The Morgan fingerprint density at radius 1 is 0.947 bits per heavy atom. The first kappa shape index (κ1) is 16.0. The van der Waals surface area contributed by atoms with Crippen molar-refractivity contribution in [3.8, 4) is 0 Å². The minimum atomic E-state index is -0.325. The monoisotopic (exact) mass is 263 g/mol. The Morgan fingerprint density at radius 3 is 1.89 bits per heavy atom. The molecule has 19 heavy (non-hydrogen) atoms. The van der Waals surface area contributed by atoms with Crippen molar-refractivity contribution < 1.29 is 5.11 Å². The number of nitrogens with zero attached hydrogens (tertiary/aromatic N) is 1. The van der Waals surface area contributed by atoms with Crippen molar-refractivity contribution in [2.75, 3.05) is 18.0 Å². The first-order valence-electron chi connectivity index (χ1n) is 7.75. The molecule has 1 atom stereocenters. The number of benzene rings is 1. The van der Waals surface area contributed by atoms with Crippen molar-refractivity contribution in [2.45, 2.75) is 59.0 Å². The van der Waals surface area contributed by atoms with Gasteiger partial charge >= 0.3 is 0 Å². The molecule has 108 valence electrons. The minimum absolute atomic E-state index is 0.325. The maximum atomic E-state index is 9.83. The summed E-state index contributed by atoms with van der Waals surface area (Å²) in [6, 6.07) is 8.43. The Morgan fingerprint density at radius 2 is 1.47 bits per heavy atom. The molecule has 0 saturated carbocycles. The van der Waals surface area contributed by atoms with Crippen molar-refractivity contribution in [3.05, 3.63) is 29.8 Å². The molecule has 0 bridgehead atoms. The van der Waals surface area contributed by atoms with Crippen molar-refractivity contribution in [3.63, 3.8) is 0 Å². The summed E-state index contributed by atoms with van der Waals surface area (Å²) in [5.41, 5.74) is 2.31. The third-order valence-electron chi connectivity index (χ3n) is 3.59. The van der Waals surface area contributed by atoms with E-state index in [0.717, 1.165) is 25.1 Å². The van der Waals surface area contributed by atoms with E-state index in [1.54, 1.807) is 0 Å². The molecule has 1 aromatic rings. The number of anilines is 1. The predicted molar refractivity (Wildman–Crippen MR) is 83.7 cm³/mol. The second-order valence-corrected chi connectivity index (χ2v) is 5.21. The summed E-state index contributed by atoms with van der Waals surface area (Å²) >= 11 is 0. The summed E-state index contributed by atoms with van der Waals surface area (Å²) in [5, 5.41) is 9.83. The molecule has 1 rings (SSSR count). The number of aliphatic hydroxyl groups excluding tert-OH is 1. The fraction of sp³-hybridized carbons (Fsp3) is 0.647. The van der Waals surface area contributed by atoms with E-state index >= 15 is 0 Å². The largest absolute Gasteiger partial charge is 0.388 e. The molecule has 0 radical (unpaired) electrons. The highest BCUT2D eigenvalue weighted by molar-refractivity contribution is 5.47. The SMILES string of the molecule is CCCCN(CCCC)c1ccc(C(O)CC)cc1. The van der Waals surface area contributed by atoms with Crippen LogP contribution in [0.15, 0.2) is 24.3 Å². The van der Waals surface area contributed by atoms with Gasteiger partial charge in [-0.3, -0.25) is 0 Å². The Labute approximate surface area is 118 Å². The number of hydrogen-bond acceptors (Lipinski definition) is 2. The Bertz CT molecular complexity index is 326. The summed E-state index contributed by atoms with van der Waals surface area (Å²) in [4.78, 5) is 2.47. The quantitative estimate of drug-likeness (QED) is 0.707. The Hall–Kier alpha value is -1.02. The van der Waals surface area contributed by atoms with Gasteiger partial charge in [-0.05, 0) is 37.0 Å². The second kappa shape index (κ2) is 8.98. The number of hydrogen-bond donors (Lipinski definition) is 1. The van der Waals surface area contributed by atoms with E-state index in [2.05, 4.69) is 43.0 Å². The van der Waals surface area contributed by atoms with Crippen molar-refractivity contribution in [2.24, 2.45) is 0 Å². The molecule has 1 N–H and O–H groups in total. The highest BCUT2D eigenvalue weighted by Gasteiger charge is 2.08. The van der Waals surface area contributed by atoms with Crippen LogP contribution in [0.4, 0.5) is 5.69 Å². The van der Waals surface area contributed by atoms with Gasteiger partial charge in [0.1, 0.15) is 0 Å². The fourth-order valence-electron chi connectivity index (χ4n) is 2.21. The molecular weight excluding hydrogens is 234 g/mol. The van der Waals surface area contributed by atoms with Crippen LogP contribution in [-0.2, 0) is 0 Å². The van der Waals surface area contributed by atoms with Crippen LogP contribution in [0.3, 0.4) is 0 Å². The maximum Gasteiger partial charge on any atom is 0.0787 e. The van der Waals surface area contributed by atoms with Crippen LogP contribution >= 0.6 is 0 Å². The molecule has 0 aliphatic rings. The number of rotatable bonds is 9. The van der Waals surface area contributed by atoms with E-state index in [9.17, 15) is 5.11 Å². The molecule has 2 nitrogen and oxygen atoms in total. The van der Waals surface area contributed by atoms with E-state index in [4.69, 9.17) is 0 Å². The van der Waals surface area contributed by atoms with Crippen LogP contribution in [0, 0.1) is 0 Å². The summed E-state index contributed by atoms with van der Waals surface area (Å²) in [6.45, 7) is 8.74. The molecule has 0 amide bonds. The van der Waals surface area contributed by atoms with Gasteiger partial charge in [0.15, 0.2) is 0 Å². The first-order chi connectivity index (χ1) is 9.22. The van der Waals surface area contributed by atoms with Gasteiger partial charge in [0.05, 0.1) is 6.10 Å². The molecule has 0 fully saturated rings. The van der Waals surface area contributed by atoms with Crippen molar-refractivity contribution in [1.82, 2.24) is 0 Å². The van der Waals surface area contributed by atoms with Gasteiger partial charge in [-0.2, -0.15) is 0 Å². The molecule has 0 spiro atoms. The Kier molecular flexibility index (Phi) is 7.57. The highest BCUT2D eigenvalue weighted by Crippen LogP contribution is 2.21. The van der Waals surface area contributed by atoms with Crippen LogP contribution in [-0.4, -0.2) is 18.2 Å². The highest BCUT2D eigenvalue weighted by atomic mass is 16.3. The lowest BCUT2D eigenvalue weighted by Gasteiger charge is -2.25. The van der Waals surface area contributed by atoms with E-state index < -0.39 is 0 Å². The van der Waals surface area contributed by atoms with Gasteiger partial charge < -0.3 is 10.0 Å². The molecule has 0 aliphatic heterocycles.